The second kappa shape index (κ2) is 9.09. The second-order valence-electron chi connectivity index (χ2n) is 3.72. The largest absolute Gasteiger partial charge is 0.363 e. The fourth-order valence-corrected chi connectivity index (χ4v) is 2.06. The van der Waals surface area contributed by atoms with Crippen molar-refractivity contribution in [3.8, 4) is 0 Å². The van der Waals surface area contributed by atoms with Gasteiger partial charge in [0, 0.05) is 35.4 Å². The number of unbranched alkanes of at least 4 members (excludes halogenated alkanes) is 1. The molecule has 2 unspecified atom stereocenters. The molecule has 0 saturated carbocycles. The van der Waals surface area contributed by atoms with Gasteiger partial charge in [0.15, 0.2) is 5.11 Å². The number of rotatable bonds is 7. The van der Waals surface area contributed by atoms with Crippen molar-refractivity contribution in [1.82, 2.24) is 10.6 Å². The summed E-state index contributed by atoms with van der Waals surface area (Å²) in [7, 11) is -0.711. The molecule has 15 heavy (non-hydrogen) atoms. The molecule has 2 atom stereocenters. The van der Waals surface area contributed by atoms with E-state index in [-0.39, 0.29) is 6.04 Å². The molecule has 0 aromatic carbocycles. The Bertz CT molecular complexity index is 210. The van der Waals surface area contributed by atoms with Crippen LogP contribution in [0.25, 0.3) is 0 Å². The van der Waals surface area contributed by atoms with E-state index in [1.807, 2.05) is 0 Å². The molecule has 0 aliphatic carbocycles. The van der Waals surface area contributed by atoms with Gasteiger partial charge in [0.1, 0.15) is 0 Å². The molecule has 0 spiro atoms. The van der Waals surface area contributed by atoms with Crippen molar-refractivity contribution in [1.29, 1.82) is 0 Å². The Labute approximate surface area is 101 Å². The normalized spacial score (nSPS) is 14.3. The van der Waals surface area contributed by atoms with Crippen LogP contribution in [0, 0.1) is 0 Å². The molecule has 0 aliphatic rings. The Morgan fingerprint density at radius 3 is 2.73 bits per heavy atom. The molecule has 0 aromatic rings. The first-order chi connectivity index (χ1) is 7.06. The lowest BCUT2D eigenvalue weighted by molar-refractivity contribution is 0.623. The van der Waals surface area contributed by atoms with E-state index in [2.05, 4.69) is 24.5 Å². The lowest BCUT2D eigenvalue weighted by atomic mass is 10.3. The van der Waals surface area contributed by atoms with Gasteiger partial charge in [-0.25, -0.2) is 0 Å². The van der Waals surface area contributed by atoms with Crippen LogP contribution >= 0.6 is 12.2 Å². The van der Waals surface area contributed by atoms with Gasteiger partial charge in [-0.05, 0) is 32.0 Å². The molecule has 3 nitrogen and oxygen atoms in total. The smallest absolute Gasteiger partial charge is 0.166 e. The standard InChI is InChI=1S/C10H22N2OS2/c1-4-5-7-11-10(14)12-9(2)6-8-15(3)13/h9H,4-8H2,1-3H3,(H2,11,12,14). The Morgan fingerprint density at radius 2 is 2.20 bits per heavy atom. The van der Waals surface area contributed by atoms with Crippen molar-refractivity contribution >= 4 is 28.1 Å². The van der Waals surface area contributed by atoms with Gasteiger partial charge in [0.05, 0.1) is 0 Å². The van der Waals surface area contributed by atoms with Crippen LogP contribution in [0.3, 0.4) is 0 Å². The van der Waals surface area contributed by atoms with Gasteiger partial charge in [-0.2, -0.15) is 0 Å². The van der Waals surface area contributed by atoms with E-state index in [1.165, 1.54) is 6.42 Å². The molecule has 0 amide bonds. The van der Waals surface area contributed by atoms with Gasteiger partial charge in [0.25, 0.3) is 0 Å². The zero-order valence-electron chi connectivity index (χ0n) is 9.84. The van der Waals surface area contributed by atoms with Crippen molar-refractivity contribution < 1.29 is 4.21 Å². The van der Waals surface area contributed by atoms with E-state index < -0.39 is 10.8 Å². The quantitative estimate of drug-likeness (QED) is 0.529. The fourth-order valence-electron chi connectivity index (χ4n) is 1.07. The minimum atomic E-state index is -0.711. The molecule has 0 aliphatic heterocycles. The molecule has 0 saturated heterocycles. The van der Waals surface area contributed by atoms with Crippen LogP contribution in [-0.4, -0.2) is 33.9 Å². The SMILES string of the molecule is CCCCNC(=S)NC(C)CCS(C)=O. The van der Waals surface area contributed by atoms with Crippen molar-refractivity contribution in [2.45, 2.75) is 39.2 Å². The van der Waals surface area contributed by atoms with Gasteiger partial charge in [0.2, 0.25) is 0 Å². The maximum atomic E-state index is 10.9. The van der Waals surface area contributed by atoms with Crippen LogP contribution in [-0.2, 0) is 10.8 Å². The number of hydrogen-bond donors (Lipinski definition) is 2. The van der Waals surface area contributed by atoms with E-state index in [9.17, 15) is 4.21 Å². The van der Waals surface area contributed by atoms with Crippen LogP contribution in [0.2, 0.25) is 0 Å². The van der Waals surface area contributed by atoms with Crippen molar-refractivity contribution in [2.75, 3.05) is 18.6 Å². The Kier molecular flexibility index (Phi) is 9.00. The molecule has 2 N–H and O–H groups in total. The predicted octanol–water partition coefficient (Wildman–Crippen LogP) is 1.41. The highest BCUT2D eigenvalue weighted by atomic mass is 32.2. The van der Waals surface area contributed by atoms with E-state index in [0.29, 0.717) is 5.11 Å². The number of thiocarbonyl (C=S) groups is 1. The molecule has 0 heterocycles. The Balaban J connectivity index is 3.53. The lowest BCUT2D eigenvalue weighted by Gasteiger charge is -2.16. The van der Waals surface area contributed by atoms with E-state index in [0.717, 1.165) is 25.1 Å². The summed E-state index contributed by atoms with van der Waals surface area (Å²) >= 11 is 5.13. The summed E-state index contributed by atoms with van der Waals surface area (Å²) in [6.45, 7) is 5.13. The zero-order chi connectivity index (χ0) is 11.7. The molecule has 0 bridgehead atoms. The van der Waals surface area contributed by atoms with E-state index in [1.54, 1.807) is 6.26 Å². The zero-order valence-corrected chi connectivity index (χ0v) is 11.5. The van der Waals surface area contributed by atoms with E-state index >= 15 is 0 Å². The maximum absolute atomic E-state index is 10.9. The molecule has 0 aromatic heterocycles. The third kappa shape index (κ3) is 10.1. The number of hydrogen-bond acceptors (Lipinski definition) is 2. The van der Waals surface area contributed by atoms with Gasteiger partial charge >= 0.3 is 0 Å². The first-order valence-corrected chi connectivity index (χ1v) is 7.54. The third-order valence-electron chi connectivity index (χ3n) is 2.03. The summed E-state index contributed by atoms with van der Waals surface area (Å²) in [5.74, 6) is 0.728. The fraction of sp³-hybridized carbons (Fsp3) is 0.900. The third-order valence-corrected chi connectivity index (χ3v) is 3.10. The molecular formula is C10H22N2OS2. The van der Waals surface area contributed by atoms with Crippen molar-refractivity contribution in [2.24, 2.45) is 0 Å². The van der Waals surface area contributed by atoms with Crippen molar-refractivity contribution in [3.05, 3.63) is 0 Å². The molecule has 90 valence electrons. The molecular weight excluding hydrogens is 228 g/mol. The van der Waals surface area contributed by atoms with Gasteiger partial charge < -0.3 is 10.6 Å². The Morgan fingerprint density at radius 1 is 1.53 bits per heavy atom. The van der Waals surface area contributed by atoms with Crippen LogP contribution in [0.5, 0.6) is 0 Å². The second-order valence-corrected chi connectivity index (χ2v) is 5.68. The average Bonchev–Trinajstić information content (AvgIpc) is 2.15. The van der Waals surface area contributed by atoms with Gasteiger partial charge in [-0.1, -0.05) is 13.3 Å². The van der Waals surface area contributed by atoms with Crippen LogP contribution in [0.15, 0.2) is 0 Å². The summed E-state index contributed by atoms with van der Waals surface area (Å²) in [6, 6.07) is 0.288. The maximum Gasteiger partial charge on any atom is 0.166 e. The highest BCUT2D eigenvalue weighted by Crippen LogP contribution is 1.92. The average molecular weight is 250 g/mol. The van der Waals surface area contributed by atoms with Crippen molar-refractivity contribution in [3.63, 3.8) is 0 Å². The van der Waals surface area contributed by atoms with Crippen LogP contribution in [0.4, 0.5) is 0 Å². The first-order valence-electron chi connectivity index (χ1n) is 5.40. The predicted molar refractivity (Wildman–Crippen MR) is 71.7 cm³/mol. The summed E-state index contributed by atoms with van der Waals surface area (Å²) in [5, 5.41) is 7.03. The summed E-state index contributed by atoms with van der Waals surface area (Å²) in [5.41, 5.74) is 0. The summed E-state index contributed by atoms with van der Waals surface area (Å²) in [4.78, 5) is 0. The topological polar surface area (TPSA) is 41.1 Å². The monoisotopic (exact) mass is 250 g/mol. The highest BCUT2D eigenvalue weighted by molar-refractivity contribution is 7.84. The molecule has 0 fully saturated rings. The van der Waals surface area contributed by atoms with Gasteiger partial charge in [-0.3, -0.25) is 4.21 Å². The molecule has 0 rings (SSSR count). The first kappa shape index (κ1) is 14.8. The minimum absolute atomic E-state index is 0.288. The van der Waals surface area contributed by atoms with Gasteiger partial charge in [-0.15, -0.1) is 0 Å². The minimum Gasteiger partial charge on any atom is -0.363 e. The summed E-state index contributed by atoms with van der Waals surface area (Å²) < 4.78 is 10.9. The highest BCUT2D eigenvalue weighted by Gasteiger charge is 2.04. The van der Waals surface area contributed by atoms with Crippen LogP contribution in [0.1, 0.15) is 33.1 Å². The lowest BCUT2D eigenvalue weighted by Crippen LogP contribution is -2.41. The number of nitrogens with one attached hydrogen (secondary N) is 2. The molecule has 5 heteroatoms. The van der Waals surface area contributed by atoms with E-state index in [4.69, 9.17) is 12.2 Å². The summed E-state index contributed by atoms with van der Waals surface area (Å²) in [6.07, 6.45) is 4.92. The Hall–Kier alpha value is -0.160. The molecule has 0 radical (unpaired) electrons. The van der Waals surface area contributed by atoms with Crippen LogP contribution < -0.4 is 10.6 Å².